The number of hydrogen-bond donors (Lipinski definition) is 0. The molecule has 2 saturated heterocycles. The molecule has 0 unspecified atom stereocenters. The number of amides is 1. The third kappa shape index (κ3) is 3.18. The van der Waals surface area contributed by atoms with Gasteiger partial charge in [-0.1, -0.05) is 12.1 Å². The van der Waals surface area contributed by atoms with E-state index in [1.165, 1.54) is 0 Å². The molecule has 0 radical (unpaired) electrons. The van der Waals surface area contributed by atoms with Gasteiger partial charge in [-0.05, 0) is 37.6 Å². The number of carbonyl (C=O) groups excluding carboxylic acids is 1. The highest BCUT2D eigenvalue weighted by Crippen LogP contribution is 2.46. The van der Waals surface area contributed by atoms with Crippen LogP contribution in [0, 0.1) is 6.92 Å². The average Bonchev–Trinajstić information content (AvgIpc) is 3.29. The Bertz CT molecular complexity index is 1030. The van der Waals surface area contributed by atoms with E-state index in [0.717, 1.165) is 42.3 Å². The van der Waals surface area contributed by atoms with Gasteiger partial charge in [0.05, 0.1) is 29.3 Å². The summed E-state index contributed by atoms with van der Waals surface area (Å²) in [6.45, 7) is 4.10. The number of aromatic nitrogens is 3. The van der Waals surface area contributed by atoms with Crippen molar-refractivity contribution in [2.75, 3.05) is 18.8 Å². The first kappa shape index (κ1) is 17.7. The summed E-state index contributed by atoms with van der Waals surface area (Å²) in [7, 11) is 0. The van der Waals surface area contributed by atoms with Crippen molar-refractivity contribution in [3.05, 3.63) is 65.9 Å². The third-order valence-corrected chi connectivity index (χ3v) is 7.05. The van der Waals surface area contributed by atoms with Crippen molar-refractivity contribution < 1.29 is 9.53 Å². The van der Waals surface area contributed by atoms with Gasteiger partial charge >= 0.3 is 0 Å². The van der Waals surface area contributed by atoms with E-state index in [1.807, 2.05) is 70.6 Å². The number of ether oxygens (including phenoxy) is 1. The van der Waals surface area contributed by atoms with Crippen molar-refractivity contribution in [2.45, 2.75) is 30.8 Å². The quantitative estimate of drug-likeness (QED) is 0.681. The van der Waals surface area contributed by atoms with Crippen LogP contribution in [0.2, 0.25) is 0 Å². The molecular formula is C21H22N4O2S. The molecule has 2 aliphatic rings. The summed E-state index contributed by atoms with van der Waals surface area (Å²) in [5.74, 6) is 1.03. The van der Waals surface area contributed by atoms with Crippen LogP contribution in [0.4, 0.5) is 0 Å². The Labute approximate surface area is 167 Å². The number of nitrogens with zero attached hydrogens (tertiary/aromatic N) is 4. The van der Waals surface area contributed by atoms with E-state index in [1.54, 1.807) is 6.20 Å². The second-order valence-corrected chi connectivity index (χ2v) is 9.12. The van der Waals surface area contributed by atoms with Gasteiger partial charge in [0.15, 0.2) is 0 Å². The number of pyridine rings is 2. The number of rotatable bonds is 4. The Morgan fingerprint density at radius 2 is 2.18 bits per heavy atom. The fourth-order valence-electron chi connectivity index (χ4n) is 4.06. The van der Waals surface area contributed by atoms with Crippen LogP contribution in [-0.4, -0.2) is 54.9 Å². The van der Waals surface area contributed by atoms with E-state index in [9.17, 15) is 4.79 Å². The molecule has 7 heteroatoms. The highest BCUT2D eigenvalue weighted by Gasteiger charge is 2.51. The van der Waals surface area contributed by atoms with E-state index >= 15 is 0 Å². The molecule has 1 spiro atoms. The molecule has 0 saturated carbocycles. The van der Waals surface area contributed by atoms with Crippen LogP contribution >= 0.6 is 11.8 Å². The fraction of sp³-hybridized carbons (Fsp3) is 0.381. The lowest BCUT2D eigenvalue weighted by Crippen LogP contribution is -2.60. The number of fused-ring (bicyclic) bond motifs is 1. The topological polar surface area (TPSA) is 59.7 Å². The van der Waals surface area contributed by atoms with E-state index in [4.69, 9.17) is 4.74 Å². The molecule has 5 rings (SSSR count). The Balaban J connectivity index is 1.18. The molecule has 0 bridgehead atoms. The van der Waals surface area contributed by atoms with Gasteiger partial charge in [0, 0.05) is 30.7 Å². The minimum atomic E-state index is 0.0539. The molecule has 5 heterocycles. The first-order valence-electron chi connectivity index (χ1n) is 9.51. The van der Waals surface area contributed by atoms with Crippen molar-refractivity contribution in [1.82, 2.24) is 19.3 Å². The van der Waals surface area contributed by atoms with Gasteiger partial charge in [-0.3, -0.25) is 14.2 Å². The normalized spacial score (nSPS) is 20.6. The molecule has 1 amide bonds. The maximum atomic E-state index is 12.9. The molecule has 28 heavy (non-hydrogen) atoms. The number of carbonyl (C=O) groups is 1. The molecule has 3 aromatic heterocycles. The molecule has 3 aromatic rings. The first-order chi connectivity index (χ1) is 13.6. The van der Waals surface area contributed by atoms with E-state index in [2.05, 4.69) is 9.97 Å². The number of likely N-dealkylation sites (tertiary alicyclic amines) is 1. The molecule has 0 N–H and O–H groups in total. The van der Waals surface area contributed by atoms with Crippen molar-refractivity contribution in [2.24, 2.45) is 0 Å². The van der Waals surface area contributed by atoms with Crippen LogP contribution in [0.3, 0.4) is 0 Å². The van der Waals surface area contributed by atoms with Crippen molar-refractivity contribution in [3.8, 4) is 0 Å². The Morgan fingerprint density at radius 1 is 1.29 bits per heavy atom. The number of hydrogen-bond acceptors (Lipinski definition) is 5. The molecule has 2 aliphatic heterocycles. The molecule has 1 atom stereocenters. The lowest BCUT2D eigenvalue weighted by atomic mass is 9.92. The summed E-state index contributed by atoms with van der Waals surface area (Å²) in [5, 5.41) is 0. The molecule has 144 valence electrons. The second kappa shape index (κ2) is 6.90. The summed E-state index contributed by atoms with van der Waals surface area (Å²) in [4.78, 5) is 23.6. The maximum Gasteiger partial charge on any atom is 0.272 e. The monoisotopic (exact) mass is 394 g/mol. The largest absolute Gasteiger partial charge is 0.371 e. The van der Waals surface area contributed by atoms with Crippen LogP contribution in [-0.2, 0) is 11.3 Å². The highest BCUT2D eigenvalue weighted by molar-refractivity contribution is 8.01. The predicted molar refractivity (Wildman–Crippen MR) is 108 cm³/mol. The summed E-state index contributed by atoms with van der Waals surface area (Å²) in [6, 6.07) is 11.8. The number of imidazole rings is 1. The third-order valence-electron chi connectivity index (χ3n) is 5.47. The number of thioether (sulfide) groups is 1. The molecule has 0 aromatic carbocycles. The van der Waals surface area contributed by atoms with Crippen LogP contribution in [0.15, 0.2) is 48.8 Å². The average molecular weight is 395 g/mol. The van der Waals surface area contributed by atoms with Crippen LogP contribution in [0.1, 0.15) is 28.3 Å². The van der Waals surface area contributed by atoms with Gasteiger partial charge in [-0.15, -0.1) is 11.8 Å². The van der Waals surface area contributed by atoms with E-state index in [0.29, 0.717) is 12.3 Å². The molecule has 0 aliphatic carbocycles. The molecular weight excluding hydrogens is 372 g/mol. The van der Waals surface area contributed by atoms with Crippen molar-refractivity contribution in [1.29, 1.82) is 0 Å². The van der Waals surface area contributed by atoms with E-state index in [-0.39, 0.29) is 16.8 Å². The first-order valence-corrected chi connectivity index (χ1v) is 10.5. The number of aryl methyl sites for hydroxylation is 1. The van der Waals surface area contributed by atoms with E-state index < -0.39 is 0 Å². The van der Waals surface area contributed by atoms with Crippen LogP contribution in [0.5, 0.6) is 0 Å². The zero-order valence-electron chi connectivity index (χ0n) is 15.7. The maximum absolute atomic E-state index is 12.9. The fourth-order valence-corrected chi connectivity index (χ4v) is 5.61. The van der Waals surface area contributed by atoms with Gasteiger partial charge in [-0.2, -0.15) is 0 Å². The summed E-state index contributed by atoms with van der Waals surface area (Å²) >= 11 is 1.94. The summed E-state index contributed by atoms with van der Waals surface area (Å²) in [5.41, 5.74) is 3.42. The lowest BCUT2D eigenvalue weighted by Gasteiger charge is -2.47. The standard InChI is InChI=1S/C21H22N4O2S/c1-15-5-4-6-16(23-15)11-27-17-9-21(28-12-17)13-24(14-21)20(26)18-10-22-19-7-2-3-8-25(18)19/h2-8,10,17H,9,11-14H2,1H3/t17-/m0/s1. The molecule has 2 fully saturated rings. The smallest absolute Gasteiger partial charge is 0.272 e. The van der Waals surface area contributed by atoms with Crippen LogP contribution in [0.25, 0.3) is 5.65 Å². The summed E-state index contributed by atoms with van der Waals surface area (Å²) in [6.07, 6.45) is 4.77. The van der Waals surface area contributed by atoms with Gasteiger partial charge in [0.2, 0.25) is 0 Å². The predicted octanol–water partition coefficient (Wildman–Crippen LogP) is 2.95. The second-order valence-electron chi connectivity index (χ2n) is 7.63. The van der Waals surface area contributed by atoms with Gasteiger partial charge in [0.25, 0.3) is 5.91 Å². The zero-order chi connectivity index (χ0) is 19.1. The SMILES string of the molecule is Cc1cccc(CO[C@@H]2CSC3(C2)CN(C(=O)c2cnc4ccccn24)C3)n1. The van der Waals surface area contributed by atoms with Gasteiger partial charge in [0.1, 0.15) is 11.3 Å². The lowest BCUT2D eigenvalue weighted by molar-refractivity contribution is 0.0242. The Kier molecular flexibility index (Phi) is 4.36. The molecule has 6 nitrogen and oxygen atoms in total. The van der Waals surface area contributed by atoms with Gasteiger partial charge < -0.3 is 9.64 Å². The zero-order valence-corrected chi connectivity index (χ0v) is 16.6. The van der Waals surface area contributed by atoms with Crippen LogP contribution < -0.4 is 0 Å². The van der Waals surface area contributed by atoms with Crippen molar-refractivity contribution >= 4 is 23.3 Å². The van der Waals surface area contributed by atoms with Crippen molar-refractivity contribution in [3.63, 3.8) is 0 Å². The Morgan fingerprint density at radius 3 is 3.04 bits per heavy atom. The Hall–Kier alpha value is -2.38. The highest BCUT2D eigenvalue weighted by atomic mass is 32.2. The minimum absolute atomic E-state index is 0.0539. The van der Waals surface area contributed by atoms with Gasteiger partial charge in [-0.25, -0.2) is 4.98 Å². The minimum Gasteiger partial charge on any atom is -0.371 e. The summed E-state index contributed by atoms with van der Waals surface area (Å²) < 4.78 is 8.10.